The molecule has 0 saturated carbocycles. The van der Waals surface area contributed by atoms with Crippen molar-refractivity contribution in [3.8, 4) is 0 Å². The summed E-state index contributed by atoms with van der Waals surface area (Å²) in [6, 6.07) is 10.0. The van der Waals surface area contributed by atoms with Crippen LogP contribution in [0.1, 0.15) is 65.4 Å². The summed E-state index contributed by atoms with van der Waals surface area (Å²) in [6.07, 6.45) is 4.79. The average molecular weight is 575 g/mol. The van der Waals surface area contributed by atoms with E-state index in [9.17, 15) is 14.4 Å². The molecule has 1 fully saturated rings. The van der Waals surface area contributed by atoms with Crippen LogP contribution in [0.2, 0.25) is 0 Å². The van der Waals surface area contributed by atoms with E-state index in [1.807, 2.05) is 44.2 Å². The summed E-state index contributed by atoms with van der Waals surface area (Å²) in [4.78, 5) is 41.2. The number of amides is 2. The lowest BCUT2D eigenvalue weighted by atomic mass is 9.62. The molecule has 2 rings (SSSR count). The fraction of sp³-hybridized carbons (Fsp3) is 0.719. The maximum absolute atomic E-state index is 13.5. The Morgan fingerprint density at radius 3 is 2.24 bits per heavy atom. The molecule has 0 bridgehead atoms. The second-order valence-corrected chi connectivity index (χ2v) is 11.7. The van der Waals surface area contributed by atoms with Gasteiger partial charge < -0.3 is 24.9 Å². The molecule has 232 valence electrons. The minimum absolute atomic E-state index is 0.105. The van der Waals surface area contributed by atoms with E-state index in [0.29, 0.717) is 13.0 Å². The number of carbonyl (C=O) groups excluding carboxylic acids is 3. The molecule has 0 spiro atoms. The van der Waals surface area contributed by atoms with Crippen LogP contribution in [0.15, 0.2) is 30.3 Å². The highest BCUT2D eigenvalue weighted by Gasteiger charge is 2.55. The summed E-state index contributed by atoms with van der Waals surface area (Å²) in [5.41, 5.74) is 5.65. The van der Waals surface area contributed by atoms with Gasteiger partial charge in [0.2, 0.25) is 5.91 Å². The monoisotopic (exact) mass is 574 g/mol. The Morgan fingerprint density at radius 1 is 1.10 bits per heavy atom. The number of nitrogens with zero attached hydrogens (tertiary/aromatic N) is 1. The first-order valence-electron chi connectivity index (χ1n) is 15.2. The third-order valence-corrected chi connectivity index (χ3v) is 9.57. The molecule has 0 aromatic heterocycles. The van der Waals surface area contributed by atoms with Gasteiger partial charge in [-0.2, -0.15) is 0 Å². The molecule has 9 nitrogen and oxygen atoms in total. The van der Waals surface area contributed by atoms with Crippen LogP contribution in [0.3, 0.4) is 0 Å². The van der Waals surface area contributed by atoms with E-state index >= 15 is 0 Å². The van der Waals surface area contributed by atoms with Gasteiger partial charge in [0.05, 0.1) is 12.0 Å². The fourth-order valence-electron chi connectivity index (χ4n) is 6.96. The molecular formula is C32H54N4O5. The summed E-state index contributed by atoms with van der Waals surface area (Å²) in [7, 11) is 4.62. The number of benzene rings is 1. The lowest BCUT2D eigenvalue weighted by Crippen LogP contribution is -2.66. The zero-order chi connectivity index (χ0) is 30.6. The Balaban J connectivity index is 2.50. The summed E-state index contributed by atoms with van der Waals surface area (Å²) < 4.78 is 11.8. The van der Waals surface area contributed by atoms with E-state index in [-0.39, 0.29) is 24.2 Å². The third-order valence-electron chi connectivity index (χ3n) is 9.57. The smallest absolute Gasteiger partial charge is 0.267 e. The van der Waals surface area contributed by atoms with E-state index in [1.54, 1.807) is 14.2 Å². The predicted octanol–water partition coefficient (Wildman–Crippen LogP) is 3.16. The Morgan fingerprint density at radius 2 is 1.73 bits per heavy atom. The fourth-order valence-corrected chi connectivity index (χ4v) is 6.96. The molecule has 1 saturated heterocycles. The summed E-state index contributed by atoms with van der Waals surface area (Å²) in [5, 5.41) is 5.74. The van der Waals surface area contributed by atoms with E-state index in [0.717, 1.165) is 50.6 Å². The minimum Gasteiger partial charge on any atom is -0.380 e. The van der Waals surface area contributed by atoms with Crippen molar-refractivity contribution < 1.29 is 23.9 Å². The van der Waals surface area contributed by atoms with Crippen LogP contribution in [-0.2, 0) is 30.3 Å². The number of rotatable bonds is 18. The molecule has 41 heavy (non-hydrogen) atoms. The second kappa shape index (κ2) is 16.3. The lowest BCUT2D eigenvalue weighted by molar-refractivity contribution is -0.158. The highest BCUT2D eigenvalue weighted by atomic mass is 16.5. The number of nitrogens with one attached hydrogen (secondary N) is 2. The number of aldehydes is 1. The lowest BCUT2D eigenvalue weighted by Gasteiger charge is -2.55. The Labute approximate surface area is 247 Å². The molecule has 9 heteroatoms. The van der Waals surface area contributed by atoms with Crippen molar-refractivity contribution >= 4 is 18.1 Å². The summed E-state index contributed by atoms with van der Waals surface area (Å²) in [5.74, 6) is -1.61. The standard InChI is InChI=1S/C32H54N4O5/c1-8-23(2)31(36-19-12-13-20-36,22-24(3)32(33,41-7)30(39)34-5)27(17-21-37)28(40-6)25(4)29(38)35-18-16-26-14-10-9-11-15-26/h9-11,14-15,21,23-25,27-28H,8,12-13,16-20,22,33H2,1-7H3,(H,34,39)(H,35,38)/t23-,24?,25+,27+,28-,31-,32+/m0/s1. The van der Waals surface area contributed by atoms with E-state index in [1.165, 1.54) is 7.11 Å². The van der Waals surface area contributed by atoms with Gasteiger partial charge in [-0.15, -0.1) is 0 Å². The van der Waals surface area contributed by atoms with Crippen molar-refractivity contribution in [1.82, 2.24) is 15.5 Å². The van der Waals surface area contributed by atoms with Gasteiger partial charge >= 0.3 is 0 Å². The van der Waals surface area contributed by atoms with Crippen LogP contribution in [0.25, 0.3) is 0 Å². The maximum Gasteiger partial charge on any atom is 0.267 e. The summed E-state index contributed by atoms with van der Waals surface area (Å²) >= 11 is 0. The van der Waals surface area contributed by atoms with Crippen molar-refractivity contribution in [2.24, 2.45) is 29.4 Å². The number of hydrogen-bond acceptors (Lipinski definition) is 7. The van der Waals surface area contributed by atoms with Gasteiger partial charge in [-0.25, -0.2) is 0 Å². The Bertz CT molecular complexity index is 957. The molecular weight excluding hydrogens is 520 g/mol. The topological polar surface area (TPSA) is 123 Å². The zero-order valence-corrected chi connectivity index (χ0v) is 26.3. The highest BCUT2D eigenvalue weighted by Crippen LogP contribution is 2.47. The largest absolute Gasteiger partial charge is 0.380 e. The van der Waals surface area contributed by atoms with Crippen LogP contribution in [-0.4, -0.2) is 81.3 Å². The van der Waals surface area contributed by atoms with Crippen molar-refractivity contribution in [2.45, 2.75) is 83.6 Å². The number of ether oxygens (including phenoxy) is 2. The van der Waals surface area contributed by atoms with Crippen LogP contribution in [0.5, 0.6) is 0 Å². The minimum atomic E-state index is -1.55. The molecule has 1 unspecified atom stereocenters. The van der Waals surface area contributed by atoms with Gasteiger partial charge in [-0.3, -0.25) is 20.2 Å². The van der Waals surface area contributed by atoms with E-state index in [2.05, 4.69) is 29.4 Å². The van der Waals surface area contributed by atoms with E-state index < -0.39 is 35.1 Å². The zero-order valence-electron chi connectivity index (χ0n) is 26.3. The maximum atomic E-state index is 13.5. The van der Waals surface area contributed by atoms with Gasteiger partial charge in [0.1, 0.15) is 6.29 Å². The quantitative estimate of drug-likeness (QED) is 0.182. The van der Waals surface area contributed by atoms with Gasteiger partial charge in [-0.1, -0.05) is 64.4 Å². The predicted molar refractivity (Wildman–Crippen MR) is 162 cm³/mol. The number of carbonyl (C=O) groups is 3. The van der Waals surface area contributed by atoms with Gasteiger partial charge in [-0.05, 0) is 50.3 Å². The first-order valence-corrected chi connectivity index (χ1v) is 15.2. The first-order chi connectivity index (χ1) is 19.6. The average Bonchev–Trinajstić information content (AvgIpc) is 3.54. The summed E-state index contributed by atoms with van der Waals surface area (Å²) in [6.45, 7) is 10.4. The van der Waals surface area contributed by atoms with Crippen LogP contribution < -0.4 is 16.4 Å². The van der Waals surface area contributed by atoms with E-state index in [4.69, 9.17) is 15.2 Å². The normalized spacial score (nSPS) is 20.6. The third kappa shape index (κ3) is 7.95. The van der Waals surface area contributed by atoms with Gasteiger partial charge in [0.25, 0.3) is 5.91 Å². The molecule has 1 aliphatic rings. The van der Waals surface area contributed by atoms with Crippen molar-refractivity contribution in [1.29, 1.82) is 0 Å². The molecule has 1 aromatic rings. The SMILES string of the molecule is CC[C@H](C)[C@@](CC(C)[C@@](N)(OC)C(=O)NC)([C@H](CC=O)[C@@H](OC)[C@@H](C)C(=O)NCCc1ccccc1)N1CCCC1. The molecule has 4 N–H and O–H groups in total. The molecule has 0 radical (unpaired) electrons. The molecule has 1 heterocycles. The molecule has 0 aliphatic carbocycles. The van der Waals surface area contributed by atoms with Gasteiger partial charge in [0.15, 0.2) is 5.72 Å². The number of nitrogens with two attached hydrogens (primary N) is 1. The number of likely N-dealkylation sites (tertiary alicyclic amines) is 1. The first kappa shape index (κ1) is 34.9. The number of likely N-dealkylation sites (N-methyl/N-ethyl adjacent to an activating group) is 1. The highest BCUT2D eigenvalue weighted by molar-refractivity contribution is 5.84. The number of hydrogen-bond donors (Lipinski definition) is 3. The van der Waals surface area contributed by atoms with Gasteiger partial charge in [0, 0.05) is 51.6 Å². The molecule has 1 aromatic carbocycles. The van der Waals surface area contributed by atoms with Crippen molar-refractivity contribution in [3.05, 3.63) is 35.9 Å². The Hall–Kier alpha value is -2.33. The van der Waals surface area contributed by atoms with Crippen LogP contribution in [0, 0.1) is 23.7 Å². The van der Waals surface area contributed by atoms with Crippen molar-refractivity contribution in [2.75, 3.05) is 40.9 Å². The van der Waals surface area contributed by atoms with Crippen LogP contribution in [0.4, 0.5) is 0 Å². The molecule has 7 atom stereocenters. The Kier molecular flexibility index (Phi) is 13.9. The molecule has 1 aliphatic heterocycles. The molecule has 2 amide bonds. The number of methoxy groups -OCH3 is 2. The van der Waals surface area contributed by atoms with Crippen LogP contribution >= 0.6 is 0 Å². The second-order valence-electron chi connectivity index (χ2n) is 11.7. The van der Waals surface area contributed by atoms with Crippen molar-refractivity contribution in [3.63, 3.8) is 0 Å².